The number of rotatable bonds is 2. The maximum Gasteiger partial charge on any atom is 0.0595 e. The molecular formula is C13H14N4. The zero-order valence-corrected chi connectivity index (χ0v) is 9.64. The van der Waals surface area contributed by atoms with Crippen LogP contribution in [0.2, 0.25) is 0 Å². The summed E-state index contributed by atoms with van der Waals surface area (Å²) in [5, 5.41) is 5.48. The Kier molecular flexibility index (Phi) is 2.23. The molecule has 4 nitrogen and oxygen atoms in total. The van der Waals surface area contributed by atoms with Gasteiger partial charge in [-0.05, 0) is 6.07 Å². The summed E-state index contributed by atoms with van der Waals surface area (Å²) in [7, 11) is 1.92. The minimum Gasteiger partial charge on any atom is -0.361 e. The number of para-hydroxylation sites is 1. The minimum absolute atomic E-state index is 0.491. The van der Waals surface area contributed by atoms with E-state index in [1.165, 1.54) is 5.39 Å². The number of nitrogens with zero attached hydrogens (tertiary/aromatic N) is 2. The Labute approximate surface area is 99.1 Å². The molecule has 86 valence electrons. The lowest BCUT2D eigenvalue weighted by Crippen LogP contribution is -2.05. The molecule has 3 aromatic rings. The van der Waals surface area contributed by atoms with Crippen molar-refractivity contribution in [3.05, 3.63) is 42.4 Å². The van der Waals surface area contributed by atoms with Gasteiger partial charge in [-0.1, -0.05) is 18.2 Å². The van der Waals surface area contributed by atoms with Gasteiger partial charge in [-0.25, -0.2) is 0 Å². The van der Waals surface area contributed by atoms with Crippen LogP contribution in [0.1, 0.15) is 5.69 Å². The van der Waals surface area contributed by atoms with E-state index in [0.717, 1.165) is 22.3 Å². The summed E-state index contributed by atoms with van der Waals surface area (Å²) in [6, 6.07) is 8.24. The van der Waals surface area contributed by atoms with E-state index in [-0.39, 0.29) is 0 Å². The molecule has 0 aliphatic rings. The lowest BCUT2D eigenvalue weighted by Gasteiger charge is -2.02. The van der Waals surface area contributed by atoms with E-state index in [1.54, 1.807) is 0 Å². The number of hydrogen-bond acceptors (Lipinski definition) is 2. The van der Waals surface area contributed by atoms with Crippen LogP contribution in [0.25, 0.3) is 22.0 Å². The van der Waals surface area contributed by atoms with Crippen molar-refractivity contribution in [1.29, 1.82) is 0 Å². The van der Waals surface area contributed by atoms with E-state index in [1.807, 2.05) is 36.3 Å². The molecule has 4 heteroatoms. The van der Waals surface area contributed by atoms with Crippen molar-refractivity contribution in [1.82, 2.24) is 14.8 Å². The highest BCUT2D eigenvalue weighted by atomic mass is 15.3. The zero-order valence-electron chi connectivity index (χ0n) is 9.64. The Morgan fingerprint density at radius 3 is 2.94 bits per heavy atom. The summed E-state index contributed by atoms with van der Waals surface area (Å²) in [6.07, 6.45) is 3.89. The van der Waals surface area contributed by atoms with Crippen LogP contribution in [-0.4, -0.2) is 14.8 Å². The molecule has 0 saturated heterocycles. The SMILES string of the molecule is Cn1ncc(-c2c[nH]c3ccccc23)c1CN. The van der Waals surface area contributed by atoms with Crippen LogP contribution in [0.4, 0.5) is 0 Å². The van der Waals surface area contributed by atoms with Crippen molar-refractivity contribution in [2.45, 2.75) is 6.54 Å². The van der Waals surface area contributed by atoms with Gasteiger partial charge in [0.15, 0.2) is 0 Å². The van der Waals surface area contributed by atoms with Gasteiger partial charge in [0.2, 0.25) is 0 Å². The number of nitrogens with two attached hydrogens (primary N) is 1. The average molecular weight is 226 g/mol. The van der Waals surface area contributed by atoms with Crippen LogP contribution in [-0.2, 0) is 13.6 Å². The third-order valence-corrected chi connectivity index (χ3v) is 3.13. The smallest absolute Gasteiger partial charge is 0.0595 e. The molecule has 0 unspecified atom stereocenters. The third-order valence-electron chi connectivity index (χ3n) is 3.13. The van der Waals surface area contributed by atoms with Crippen molar-refractivity contribution >= 4 is 10.9 Å². The normalized spacial score (nSPS) is 11.2. The minimum atomic E-state index is 0.491. The molecule has 0 atom stereocenters. The van der Waals surface area contributed by atoms with Gasteiger partial charge in [-0.15, -0.1) is 0 Å². The number of fused-ring (bicyclic) bond motifs is 1. The third kappa shape index (κ3) is 1.45. The number of nitrogens with one attached hydrogen (secondary N) is 1. The molecule has 0 saturated carbocycles. The van der Waals surface area contributed by atoms with E-state index in [0.29, 0.717) is 6.54 Å². The van der Waals surface area contributed by atoms with Gasteiger partial charge in [0.05, 0.1) is 11.9 Å². The van der Waals surface area contributed by atoms with Crippen LogP contribution in [0.15, 0.2) is 36.7 Å². The van der Waals surface area contributed by atoms with Crippen molar-refractivity contribution in [2.24, 2.45) is 12.8 Å². The fourth-order valence-electron chi connectivity index (χ4n) is 2.22. The van der Waals surface area contributed by atoms with Crippen LogP contribution < -0.4 is 5.73 Å². The standard InChI is InChI=1S/C13H14N4/c1-17-13(6-14)11(8-16-17)10-7-15-12-5-3-2-4-9(10)12/h2-5,7-8,15H,6,14H2,1H3. The first-order valence-electron chi connectivity index (χ1n) is 5.58. The van der Waals surface area contributed by atoms with Gasteiger partial charge >= 0.3 is 0 Å². The predicted molar refractivity (Wildman–Crippen MR) is 68.4 cm³/mol. The Morgan fingerprint density at radius 1 is 1.29 bits per heavy atom. The van der Waals surface area contributed by atoms with E-state index >= 15 is 0 Å². The maximum absolute atomic E-state index is 5.78. The molecule has 0 amide bonds. The molecule has 0 fully saturated rings. The van der Waals surface area contributed by atoms with Crippen molar-refractivity contribution in [3.8, 4) is 11.1 Å². The number of benzene rings is 1. The van der Waals surface area contributed by atoms with Crippen LogP contribution in [0, 0.1) is 0 Å². The first kappa shape index (κ1) is 10.1. The number of H-pyrrole nitrogens is 1. The van der Waals surface area contributed by atoms with Crippen molar-refractivity contribution in [3.63, 3.8) is 0 Å². The molecule has 0 spiro atoms. The summed E-state index contributed by atoms with van der Waals surface area (Å²) in [6.45, 7) is 0.491. The molecule has 17 heavy (non-hydrogen) atoms. The largest absolute Gasteiger partial charge is 0.361 e. The summed E-state index contributed by atoms with van der Waals surface area (Å²) < 4.78 is 1.83. The molecule has 1 aromatic carbocycles. The fourth-order valence-corrected chi connectivity index (χ4v) is 2.22. The highest BCUT2D eigenvalue weighted by Gasteiger charge is 2.12. The monoisotopic (exact) mass is 226 g/mol. The molecule has 2 heterocycles. The molecular weight excluding hydrogens is 212 g/mol. The summed E-state index contributed by atoms with van der Waals surface area (Å²) in [5.74, 6) is 0. The molecule has 3 rings (SSSR count). The van der Waals surface area contributed by atoms with Crippen LogP contribution >= 0.6 is 0 Å². The number of hydrogen-bond donors (Lipinski definition) is 2. The zero-order chi connectivity index (χ0) is 11.8. The average Bonchev–Trinajstić information content (AvgIpc) is 2.92. The second kappa shape index (κ2) is 3.75. The fraction of sp³-hybridized carbons (Fsp3) is 0.154. The van der Waals surface area contributed by atoms with Crippen molar-refractivity contribution < 1.29 is 0 Å². The molecule has 0 aliphatic carbocycles. The highest BCUT2D eigenvalue weighted by Crippen LogP contribution is 2.30. The van der Waals surface area contributed by atoms with E-state index in [4.69, 9.17) is 5.73 Å². The number of aryl methyl sites for hydroxylation is 1. The lowest BCUT2D eigenvalue weighted by molar-refractivity contribution is 0.713. The van der Waals surface area contributed by atoms with Gasteiger partial charge in [-0.2, -0.15) is 5.10 Å². The van der Waals surface area contributed by atoms with Crippen LogP contribution in [0.5, 0.6) is 0 Å². The second-order valence-corrected chi connectivity index (χ2v) is 4.08. The molecule has 2 aromatic heterocycles. The Morgan fingerprint density at radius 2 is 2.12 bits per heavy atom. The summed E-state index contributed by atoms with van der Waals surface area (Å²) >= 11 is 0. The topological polar surface area (TPSA) is 59.6 Å². The van der Waals surface area contributed by atoms with Gasteiger partial charge in [0, 0.05) is 41.8 Å². The van der Waals surface area contributed by atoms with Gasteiger partial charge < -0.3 is 10.7 Å². The summed E-state index contributed by atoms with van der Waals surface area (Å²) in [4.78, 5) is 3.27. The van der Waals surface area contributed by atoms with Gasteiger partial charge in [0.25, 0.3) is 0 Å². The number of aromatic amines is 1. The Bertz CT molecular complexity index is 663. The van der Waals surface area contributed by atoms with Crippen molar-refractivity contribution in [2.75, 3.05) is 0 Å². The van der Waals surface area contributed by atoms with Gasteiger partial charge in [0.1, 0.15) is 0 Å². The highest BCUT2D eigenvalue weighted by molar-refractivity contribution is 5.95. The quantitative estimate of drug-likeness (QED) is 0.702. The second-order valence-electron chi connectivity index (χ2n) is 4.08. The maximum atomic E-state index is 5.78. The van der Waals surface area contributed by atoms with E-state index < -0.39 is 0 Å². The molecule has 0 radical (unpaired) electrons. The Hall–Kier alpha value is -2.07. The first-order chi connectivity index (χ1) is 8.31. The van der Waals surface area contributed by atoms with Gasteiger partial charge in [-0.3, -0.25) is 4.68 Å². The van der Waals surface area contributed by atoms with E-state index in [2.05, 4.69) is 22.2 Å². The molecule has 3 N–H and O–H groups in total. The lowest BCUT2D eigenvalue weighted by atomic mass is 10.1. The molecule has 0 bridgehead atoms. The summed E-state index contributed by atoms with van der Waals surface area (Å²) in [5.41, 5.74) is 10.2. The number of aromatic nitrogens is 3. The van der Waals surface area contributed by atoms with E-state index in [9.17, 15) is 0 Å². The molecule has 0 aliphatic heterocycles. The first-order valence-corrected chi connectivity index (χ1v) is 5.58. The van der Waals surface area contributed by atoms with Crippen LogP contribution in [0.3, 0.4) is 0 Å². The Balaban J connectivity index is 2.27. The predicted octanol–water partition coefficient (Wildman–Crippen LogP) is 2.03.